The molecule has 0 heterocycles. The molecule has 2 atom stereocenters. The normalized spacial score (nSPS) is 23.1. The van der Waals surface area contributed by atoms with Crippen LogP contribution in [-0.2, 0) is 19.1 Å². The number of hydrogen-bond acceptors (Lipinski definition) is 5. The van der Waals surface area contributed by atoms with Crippen molar-refractivity contribution in [3.05, 3.63) is 0 Å². The van der Waals surface area contributed by atoms with Gasteiger partial charge in [0.1, 0.15) is 5.60 Å². The quantitative estimate of drug-likeness (QED) is 0.785. The summed E-state index contributed by atoms with van der Waals surface area (Å²) in [6.45, 7) is 5.26. The van der Waals surface area contributed by atoms with Gasteiger partial charge in [-0.15, -0.1) is 0 Å². The van der Waals surface area contributed by atoms with Crippen LogP contribution in [0, 0.1) is 5.92 Å². The van der Waals surface area contributed by atoms with Gasteiger partial charge in [0.2, 0.25) is 0 Å². The van der Waals surface area contributed by atoms with Gasteiger partial charge in [0.25, 0.3) is 0 Å². The van der Waals surface area contributed by atoms with E-state index in [2.05, 4.69) is 10.1 Å². The third-order valence-electron chi connectivity index (χ3n) is 2.82. The number of carbonyl (C=O) groups is 3. The standard InChI is InChI=1S/C13H21NO5/c1-13(2,3)19-12(17)14-9-5-8(6-10(9)15)7-11(16)18-4/h8-9H,5-7H2,1-4H3,(H,14,17)/t8-,9+/m0/s1. The van der Waals surface area contributed by atoms with E-state index in [1.54, 1.807) is 20.8 Å². The first-order valence-corrected chi connectivity index (χ1v) is 6.30. The fourth-order valence-corrected chi connectivity index (χ4v) is 2.04. The number of rotatable bonds is 3. The molecule has 0 bridgehead atoms. The van der Waals surface area contributed by atoms with Crippen LogP contribution in [0.25, 0.3) is 0 Å². The highest BCUT2D eigenvalue weighted by Gasteiger charge is 2.35. The predicted molar refractivity (Wildman–Crippen MR) is 67.5 cm³/mol. The third-order valence-corrected chi connectivity index (χ3v) is 2.82. The van der Waals surface area contributed by atoms with E-state index in [1.165, 1.54) is 7.11 Å². The Hall–Kier alpha value is -1.59. The molecule has 1 fully saturated rings. The molecule has 6 heteroatoms. The van der Waals surface area contributed by atoms with E-state index in [0.717, 1.165) is 0 Å². The number of alkyl carbamates (subject to hydrolysis) is 1. The average molecular weight is 271 g/mol. The fraction of sp³-hybridized carbons (Fsp3) is 0.769. The van der Waals surface area contributed by atoms with Crippen molar-refractivity contribution < 1.29 is 23.9 Å². The van der Waals surface area contributed by atoms with Crippen LogP contribution in [0.3, 0.4) is 0 Å². The van der Waals surface area contributed by atoms with E-state index in [1.807, 2.05) is 0 Å². The molecule has 0 spiro atoms. The van der Waals surface area contributed by atoms with Crippen molar-refractivity contribution in [2.24, 2.45) is 5.92 Å². The fourth-order valence-electron chi connectivity index (χ4n) is 2.04. The SMILES string of the molecule is COC(=O)C[C@@H]1CC(=O)[C@H](NC(=O)OC(C)(C)C)C1. The number of ketones is 1. The number of esters is 1. The van der Waals surface area contributed by atoms with Crippen LogP contribution in [0.5, 0.6) is 0 Å². The van der Waals surface area contributed by atoms with E-state index in [-0.39, 0.29) is 30.5 Å². The minimum Gasteiger partial charge on any atom is -0.469 e. The van der Waals surface area contributed by atoms with Crippen molar-refractivity contribution in [3.8, 4) is 0 Å². The highest BCUT2D eigenvalue weighted by molar-refractivity contribution is 5.90. The lowest BCUT2D eigenvalue weighted by atomic mass is 10.0. The van der Waals surface area contributed by atoms with Gasteiger partial charge >= 0.3 is 12.1 Å². The second kappa shape index (κ2) is 6.04. The molecule has 0 saturated heterocycles. The third kappa shape index (κ3) is 5.28. The molecule has 19 heavy (non-hydrogen) atoms. The molecule has 1 amide bonds. The Morgan fingerprint density at radius 3 is 2.53 bits per heavy atom. The van der Waals surface area contributed by atoms with Gasteiger partial charge in [-0.3, -0.25) is 9.59 Å². The van der Waals surface area contributed by atoms with Gasteiger partial charge in [-0.05, 0) is 33.1 Å². The Morgan fingerprint density at radius 2 is 2.00 bits per heavy atom. The minimum atomic E-state index is -0.607. The average Bonchev–Trinajstić information content (AvgIpc) is 2.56. The summed E-state index contributed by atoms with van der Waals surface area (Å²) in [4.78, 5) is 34.4. The summed E-state index contributed by atoms with van der Waals surface area (Å²) in [6.07, 6.45) is 0.335. The highest BCUT2D eigenvalue weighted by Crippen LogP contribution is 2.26. The smallest absolute Gasteiger partial charge is 0.408 e. The van der Waals surface area contributed by atoms with Crippen molar-refractivity contribution >= 4 is 17.8 Å². The first-order valence-electron chi connectivity index (χ1n) is 6.30. The van der Waals surface area contributed by atoms with Crippen molar-refractivity contribution in [1.29, 1.82) is 0 Å². The van der Waals surface area contributed by atoms with E-state index in [9.17, 15) is 14.4 Å². The monoisotopic (exact) mass is 271 g/mol. The van der Waals surface area contributed by atoms with Crippen molar-refractivity contribution in [3.63, 3.8) is 0 Å². The first-order chi connectivity index (χ1) is 8.71. The molecule has 1 N–H and O–H groups in total. The second-order valence-corrected chi connectivity index (χ2v) is 5.75. The number of Topliss-reactive ketones (excluding diaryl/α,β-unsaturated/α-hetero) is 1. The Morgan fingerprint density at radius 1 is 1.37 bits per heavy atom. The van der Waals surface area contributed by atoms with Gasteiger partial charge in [0, 0.05) is 12.8 Å². The lowest BCUT2D eigenvalue weighted by molar-refractivity contribution is -0.141. The van der Waals surface area contributed by atoms with Crippen LogP contribution in [0.4, 0.5) is 4.79 Å². The molecule has 0 unspecified atom stereocenters. The second-order valence-electron chi connectivity index (χ2n) is 5.75. The number of nitrogens with one attached hydrogen (secondary N) is 1. The first kappa shape index (κ1) is 15.5. The zero-order valence-corrected chi connectivity index (χ0v) is 11.8. The maximum absolute atomic E-state index is 11.7. The molecule has 0 radical (unpaired) electrons. The number of carbonyl (C=O) groups excluding carboxylic acids is 3. The van der Waals surface area contributed by atoms with E-state index in [0.29, 0.717) is 6.42 Å². The van der Waals surface area contributed by atoms with Crippen molar-refractivity contribution in [1.82, 2.24) is 5.32 Å². The Labute approximate surface area is 112 Å². The number of hydrogen-bond donors (Lipinski definition) is 1. The summed E-state index contributed by atoms with van der Waals surface area (Å²) in [7, 11) is 1.32. The zero-order valence-electron chi connectivity index (χ0n) is 11.8. The molecule has 108 valence electrons. The van der Waals surface area contributed by atoms with Gasteiger partial charge in [0.05, 0.1) is 13.2 Å². The van der Waals surface area contributed by atoms with E-state index < -0.39 is 17.7 Å². The summed E-state index contributed by atoms with van der Waals surface area (Å²) in [5.41, 5.74) is -0.600. The molecule has 0 aromatic rings. The molecular weight excluding hydrogens is 250 g/mol. The van der Waals surface area contributed by atoms with Crippen LogP contribution in [-0.4, -0.2) is 36.6 Å². The molecule has 1 saturated carbocycles. The topological polar surface area (TPSA) is 81.7 Å². The van der Waals surface area contributed by atoms with Gasteiger partial charge in [-0.25, -0.2) is 4.79 Å². The van der Waals surface area contributed by atoms with Crippen molar-refractivity contribution in [2.75, 3.05) is 7.11 Å². The van der Waals surface area contributed by atoms with E-state index >= 15 is 0 Å². The van der Waals surface area contributed by atoms with Crippen LogP contribution in [0.1, 0.15) is 40.0 Å². The molecule has 6 nitrogen and oxygen atoms in total. The summed E-state index contributed by atoms with van der Waals surface area (Å²) in [6, 6.07) is -0.565. The Bertz CT molecular complexity index is 372. The van der Waals surface area contributed by atoms with Crippen LogP contribution >= 0.6 is 0 Å². The minimum absolute atomic E-state index is 0.0695. The van der Waals surface area contributed by atoms with Crippen LogP contribution in [0.15, 0.2) is 0 Å². The summed E-state index contributed by atoms with van der Waals surface area (Å²) in [5, 5.41) is 2.54. The highest BCUT2D eigenvalue weighted by atomic mass is 16.6. The lowest BCUT2D eigenvalue weighted by Gasteiger charge is -2.21. The number of ether oxygens (including phenoxy) is 2. The number of amides is 1. The maximum atomic E-state index is 11.7. The molecule has 1 aliphatic carbocycles. The molecule has 1 aliphatic rings. The van der Waals surface area contributed by atoms with Gasteiger partial charge in [-0.2, -0.15) is 0 Å². The van der Waals surface area contributed by atoms with Gasteiger partial charge < -0.3 is 14.8 Å². The largest absolute Gasteiger partial charge is 0.469 e. The van der Waals surface area contributed by atoms with Crippen LogP contribution in [0.2, 0.25) is 0 Å². The molecule has 0 aromatic carbocycles. The lowest BCUT2D eigenvalue weighted by Crippen LogP contribution is -2.41. The number of methoxy groups -OCH3 is 1. The predicted octanol–water partition coefficient (Wildman–Crippen LogP) is 1.42. The van der Waals surface area contributed by atoms with Gasteiger partial charge in [-0.1, -0.05) is 0 Å². The maximum Gasteiger partial charge on any atom is 0.408 e. The summed E-state index contributed by atoms with van der Waals surface area (Å²) < 4.78 is 9.66. The molecule has 1 rings (SSSR count). The van der Waals surface area contributed by atoms with Gasteiger partial charge in [0.15, 0.2) is 5.78 Å². The Kier molecular flexibility index (Phi) is 4.91. The molecule has 0 aliphatic heterocycles. The zero-order chi connectivity index (χ0) is 14.6. The molecule has 0 aromatic heterocycles. The Balaban J connectivity index is 2.46. The summed E-state index contributed by atoms with van der Waals surface area (Å²) in [5.74, 6) is -0.477. The van der Waals surface area contributed by atoms with E-state index in [4.69, 9.17) is 4.74 Å². The molecular formula is C13H21NO5. The van der Waals surface area contributed by atoms with Crippen LogP contribution < -0.4 is 5.32 Å². The summed E-state index contributed by atoms with van der Waals surface area (Å²) >= 11 is 0. The van der Waals surface area contributed by atoms with Crippen molar-refractivity contribution in [2.45, 2.75) is 51.7 Å².